The largest absolute Gasteiger partial charge is 0.381 e. The number of nitro benzene ring substituents is 1. The average molecular weight is 344 g/mol. The Labute approximate surface area is 126 Å². The van der Waals surface area contributed by atoms with Crippen LogP contribution < -0.4 is 10.6 Å². The van der Waals surface area contributed by atoms with E-state index in [-0.39, 0.29) is 17.8 Å². The highest BCUT2D eigenvalue weighted by Crippen LogP contribution is 2.34. The zero-order valence-corrected chi connectivity index (χ0v) is 12.9. The molecule has 1 fully saturated rings. The third-order valence-corrected chi connectivity index (χ3v) is 4.36. The first-order chi connectivity index (χ1) is 9.56. The van der Waals surface area contributed by atoms with Crippen molar-refractivity contribution in [1.82, 2.24) is 0 Å². The van der Waals surface area contributed by atoms with E-state index in [1.54, 1.807) is 13.2 Å². The molecule has 1 heterocycles. The maximum Gasteiger partial charge on any atom is 0.270 e. The molecule has 2 unspecified atom stereocenters. The van der Waals surface area contributed by atoms with Gasteiger partial charge in [-0.25, -0.2) is 0 Å². The second-order valence-corrected chi connectivity index (χ2v) is 5.71. The number of non-ortho nitro benzene ring substituents is 1. The normalized spacial score (nSPS) is 22.9. The van der Waals surface area contributed by atoms with Crippen molar-refractivity contribution in [2.45, 2.75) is 25.0 Å². The van der Waals surface area contributed by atoms with E-state index in [0.29, 0.717) is 6.54 Å². The lowest BCUT2D eigenvalue weighted by atomic mass is 9.98. The Bertz CT molecular complexity index is 498. The third-order valence-electron chi connectivity index (χ3n) is 3.72. The maximum atomic E-state index is 10.8. The van der Waals surface area contributed by atoms with Crippen molar-refractivity contribution in [3.63, 3.8) is 0 Å². The van der Waals surface area contributed by atoms with Gasteiger partial charge in [0.2, 0.25) is 0 Å². The molecule has 2 rings (SSSR count). The van der Waals surface area contributed by atoms with Crippen molar-refractivity contribution in [3.8, 4) is 0 Å². The van der Waals surface area contributed by atoms with Crippen LogP contribution in [0.25, 0.3) is 0 Å². The van der Waals surface area contributed by atoms with Crippen molar-refractivity contribution in [1.29, 1.82) is 0 Å². The molecule has 1 saturated heterocycles. The average Bonchev–Trinajstić information content (AvgIpc) is 2.46. The van der Waals surface area contributed by atoms with E-state index in [9.17, 15) is 10.1 Å². The monoisotopic (exact) mass is 343 g/mol. The topological polar surface area (TPSA) is 81.6 Å². The van der Waals surface area contributed by atoms with Gasteiger partial charge in [0.05, 0.1) is 16.7 Å². The Morgan fingerprint density at radius 1 is 1.60 bits per heavy atom. The third kappa shape index (κ3) is 3.11. The van der Waals surface area contributed by atoms with Gasteiger partial charge in [-0.1, -0.05) is 0 Å². The van der Waals surface area contributed by atoms with Gasteiger partial charge < -0.3 is 15.4 Å². The highest BCUT2D eigenvalue weighted by Gasteiger charge is 2.29. The highest BCUT2D eigenvalue weighted by molar-refractivity contribution is 9.10. The predicted octanol–water partition coefficient (Wildman–Crippen LogP) is 2.30. The van der Waals surface area contributed by atoms with Crippen LogP contribution in [0, 0.1) is 10.1 Å². The molecule has 2 N–H and O–H groups in total. The molecule has 0 aromatic heterocycles. The predicted molar refractivity (Wildman–Crippen MR) is 81.0 cm³/mol. The minimum Gasteiger partial charge on any atom is -0.381 e. The van der Waals surface area contributed by atoms with Crippen LogP contribution in [0.4, 0.5) is 11.4 Å². The van der Waals surface area contributed by atoms with E-state index < -0.39 is 4.92 Å². The van der Waals surface area contributed by atoms with Crippen molar-refractivity contribution in [2.24, 2.45) is 5.73 Å². The van der Waals surface area contributed by atoms with Crippen LogP contribution in [0.1, 0.15) is 12.8 Å². The number of halogens is 1. The molecule has 0 bridgehead atoms. The summed E-state index contributed by atoms with van der Waals surface area (Å²) in [6, 6.07) is 5.02. The Morgan fingerprint density at radius 3 is 2.90 bits per heavy atom. The molecule has 0 radical (unpaired) electrons. The number of benzene rings is 1. The number of anilines is 1. The molecule has 0 amide bonds. The van der Waals surface area contributed by atoms with Gasteiger partial charge in [-0.2, -0.15) is 0 Å². The van der Waals surface area contributed by atoms with E-state index in [1.165, 1.54) is 12.1 Å². The first kappa shape index (κ1) is 15.2. The fourth-order valence-electron chi connectivity index (χ4n) is 2.61. The molecule has 2 atom stereocenters. The lowest BCUT2D eigenvalue weighted by Crippen LogP contribution is -2.48. The van der Waals surface area contributed by atoms with Crippen molar-refractivity contribution >= 4 is 27.3 Å². The first-order valence-electron chi connectivity index (χ1n) is 6.50. The zero-order chi connectivity index (χ0) is 14.7. The van der Waals surface area contributed by atoms with Crippen LogP contribution in [0.5, 0.6) is 0 Å². The minimum atomic E-state index is -0.397. The van der Waals surface area contributed by atoms with Crippen molar-refractivity contribution < 1.29 is 9.66 Å². The second-order valence-electron chi connectivity index (χ2n) is 4.86. The summed E-state index contributed by atoms with van der Waals surface area (Å²) in [7, 11) is 1.72. The van der Waals surface area contributed by atoms with Gasteiger partial charge >= 0.3 is 0 Å². The van der Waals surface area contributed by atoms with Gasteiger partial charge in [-0.15, -0.1) is 0 Å². The Balaban J connectivity index is 2.24. The summed E-state index contributed by atoms with van der Waals surface area (Å²) in [5, 5.41) is 10.8. The van der Waals surface area contributed by atoms with Gasteiger partial charge in [0.15, 0.2) is 0 Å². The fraction of sp³-hybridized carbons (Fsp3) is 0.538. The number of hydrogen-bond acceptors (Lipinski definition) is 5. The summed E-state index contributed by atoms with van der Waals surface area (Å²) in [6.07, 6.45) is 2.03. The second kappa shape index (κ2) is 6.51. The molecule has 1 aromatic rings. The molecule has 7 heteroatoms. The van der Waals surface area contributed by atoms with Gasteiger partial charge in [0.1, 0.15) is 0 Å². The molecule has 1 aliphatic heterocycles. The summed E-state index contributed by atoms with van der Waals surface area (Å²) in [5.41, 5.74) is 6.88. The molecule has 1 aliphatic rings. The van der Waals surface area contributed by atoms with Crippen LogP contribution in [-0.4, -0.2) is 37.3 Å². The molecule has 1 aromatic carbocycles. The van der Waals surface area contributed by atoms with Crippen LogP contribution in [0.2, 0.25) is 0 Å². The van der Waals surface area contributed by atoms with Gasteiger partial charge in [0, 0.05) is 42.8 Å². The summed E-state index contributed by atoms with van der Waals surface area (Å²) < 4.78 is 6.13. The lowest BCUT2D eigenvalue weighted by Gasteiger charge is -2.40. The fourth-order valence-corrected chi connectivity index (χ4v) is 3.21. The number of hydrogen-bond donors (Lipinski definition) is 1. The molecule has 0 spiro atoms. The smallest absolute Gasteiger partial charge is 0.270 e. The number of ether oxygens (including phenoxy) is 1. The number of nitro groups is 1. The molecule has 20 heavy (non-hydrogen) atoms. The lowest BCUT2D eigenvalue weighted by molar-refractivity contribution is -0.384. The Morgan fingerprint density at radius 2 is 2.35 bits per heavy atom. The van der Waals surface area contributed by atoms with E-state index in [0.717, 1.165) is 29.5 Å². The number of methoxy groups -OCH3 is 1. The number of nitrogens with zero attached hydrogens (tertiary/aromatic N) is 2. The summed E-state index contributed by atoms with van der Waals surface area (Å²) in [6.45, 7) is 1.36. The molecule has 0 saturated carbocycles. The van der Waals surface area contributed by atoms with Gasteiger partial charge in [0.25, 0.3) is 5.69 Å². The highest BCUT2D eigenvalue weighted by atomic mass is 79.9. The standard InChI is InChI=1S/C13H18BrN3O3/c1-20-11-4-5-16(10(6-11)8-15)13-3-2-9(17(18)19)7-12(13)14/h2-3,7,10-11H,4-6,8,15H2,1H3. The van der Waals surface area contributed by atoms with Gasteiger partial charge in [-0.05, 0) is 34.8 Å². The molecular formula is C13H18BrN3O3. The van der Waals surface area contributed by atoms with E-state index in [1.807, 2.05) is 0 Å². The summed E-state index contributed by atoms with van der Waals surface area (Å²) >= 11 is 3.42. The summed E-state index contributed by atoms with van der Waals surface area (Å²) in [4.78, 5) is 12.6. The molecule has 0 aliphatic carbocycles. The van der Waals surface area contributed by atoms with E-state index in [2.05, 4.69) is 20.8 Å². The maximum absolute atomic E-state index is 10.8. The Kier molecular flexibility index (Phi) is 4.95. The SMILES string of the molecule is COC1CCN(c2ccc([N+](=O)[O-])cc2Br)C(CN)C1. The number of rotatable bonds is 4. The van der Waals surface area contributed by atoms with Crippen LogP contribution in [0.15, 0.2) is 22.7 Å². The molecule has 6 nitrogen and oxygen atoms in total. The van der Waals surface area contributed by atoms with Crippen molar-refractivity contribution in [2.75, 3.05) is 25.1 Å². The number of nitrogens with two attached hydrogens (primary N) is 1. The van der Waals surface area contributed by atoms with Crippen LogP contribution >= 0.6 is 15.9 Å². The number of piperidine rings is 1. The molecular weight excluding hydrogens is 326 g/mol. The minimum absolute atomic E-state index is 0.0803. The summed E-state index contributed by atoms with van der Waals surface area (Å²) in [5.74, 6) is 0. The van der Waals surface area contributed by atoms with Crippen molar-refractivity contribution in [3.05, 3.63) is 32.8 Å². The Hall–Kier alpha value is -1.18. The zero-order valence-electron chi connectivity index (χ0n) is 11.3. The first-order valence-corrected chi connectivity index (χ1v) is 7.29. The van der Waals surface area contributed by atoms with Gasteiger partial charge in [-0.3, -0.25) is 10.1 Å². The molecule has 110 valence electrons. The van der Waals surface area contributed by atoms with E-state index in [4.69, 9.17) is 10.5 Å². The quantitative estimate of drug-likeness (QED) is 0.670. The van der Waals surface area contributed by atoms with E-state index >= 15 is 0 Å². The van der Waals surface area contributed by atoms with Crippen LogP contribution in [-0.2, 0) is 4.74 Å². The van der Waals surface area contributed by atoms with Crippen LogP contribution in [0.3, 0.4) is 0 Å².